The van der Waals surface area contributed by atoms with E-state index < -0.39 is 10.0 Å². The molecule has 0 N–H and O–H groups in total. The Labute approximate surface area is 200 Å². The minimum Gasteiger partial charge on any atom is -0.379 e. The third-order valence-corrected chi connectivity index (χ3v) is 9.14. The number of unbranched alkanes of at least 4 members (excludes halogenated alkanes) is 1. The lowest BCUT2D eigenvalue weighted by Crippen LogP contribution is -2.40. The lowest BCUT2D eigenvalue weighted by molar-refractivity contribution is 0.0730. The number of sulfonamides is 1. The zero-order chi connectivity index (χ0) is 23.1. The fourth-order valence-corrected chi connectivity index (χ4v) is 6.86. The second-order valence-corrected chi connectivity index (χ2v) is 11.5. The summed E-state index contributed by atoms with van der Waals surface area (Å²) in [5.41, 5.74) is 0.768. The van der Waals surface area contributed by atoms with Gasteiger partial charge in [0.1, 0.15) is 0 Å². The number of rotatable bonds is 8. The lowest BCUT2D eigenvalue weighted by Gasteiger charge is -2.26. The highest BCUT2D eigenvalue weighted by molar-refractivity contribution is 7.99. The van der Waals surface area contributed by atoms with Gasteiger partial charge in [0.25, 0.3) is 0 Å². The Kier molecular flexibility index (Phi) is 8.41. The molecule has 1 aliphatic carbocycles. The van der Waals surface area contributed by atoms with E-state index in [1.165, 1.54) is 30.0 Å². The predicted molar refractivity (Wildman–Crippen MR) is 127 cm³/mol. The maximum Gasteiger partial charge on any atom is 0.243 e. The summed E-state index contributed by atoms with van der Waals surface area (Å²) in [5.74, 6) is 1.54. The Balaban J connectivity index is 1.67. The van der Waals surface area contributed by atoms with Gasteiger partial charge in [-0.2, -0.15) is 9.57 Å². The van der Waals surface area contributed by atoms with Crippen molar-refractivity contribution in [1.82, 2.24) is 19.1 Å². The fourth-order valence-electron chi connectivity index (χ4n) is 4.46. The van der Waals surface area contributed by atoms with Crippen LogP contribution in [0.5, 0.6) is 0 Å². The van der Waals surface area contributed by atoms with Gasteiger partial charge in [-0.1, -0.05) is 49.6 Å². The van der Waals surface area contributed by atoms with Crippen molar-refractivity contribution in [3.05, 3.63) is 24.3 Å². The molecule has 1 aromatic heterocycles. The zero-order valence-corrected chi connectivity index (χ0v) is 20.5. The summed E-state index contributed by atoms with van der Waals surface area (Å²) < 4.78 is 35.4. The molecule has 178 valence electrons. The number of aromatic nitrogens is 3. The van der Waals surface area contributed by atoms with Gasteiger partial charge in [0.05, 0.1) is 24.2 Å². The molecule has 10 heteroatoms. The van der Waals surface area contributed by atoms with Crippen LogP contribution in [-0.2, 0) is 14.8 Å². The fraction of sp³-hybridized carbons (Fsp3) is 0.609. The van der Waals surface area contributed by atoms with Crippen LogP contribution in [0, 0.1) is 11.3 Å². The van der Waals surface area contributed by atoms with Crippen LogP contribution in [0.25, 0.3) is 11.4 Å². The van der Waals surface area contributed by atoms with E-state index in [1.807, 2.05) is 6.07 Å². The molecule has 2 fully saturated rings. The first-order chi connectivity index (χ1) is 16.1. The molecule has 1 saturated heterocycles. The van der Waals surface area contributed by atoms with E-state index in [-0.39, 0.29) is 4.90 Å². The highest BCUT2D eigenvalue weighted by atomic mass is 32.2. The van der Waals surface area contributed by atoms with E-state index in [9.17, 15) is 8.42 Å². The third-order valence-electron chi connectivity index (χ3n) is 6.22. The lowest BCUT2D eigenvalue weighted by atomic mass is 10.1. The van der Waals surface area contributed by atoms with Crippen LogP contribution in [-0.4, -0.2) is 59.5 Å². The van der Waals surface area contributed by atoms with E-state index in [0.29, 0.717) is 38.8 Å². The van der Waals surface area contributed by atoms with Crippen LogP contribution in [0.3, 0.4) is 0 Å². The van der Waals surface area contributed by atoms with E-state index in [1.54, 1.807) is 30.0 Å². The van der Waals surface area contributed by atoms with Gasteiger partial charge in [0.2, 0.25) is 10.0 Å². The Bertz CT molecular complexity index is 1070. The van der Waals surface area contributed by atoms with Crippen LogP contribution in [0.4, 0.5) is 0 Å². The van der Waals surface area contributed by atoms with Crippen molar-refractivity contribution >= 4 is 21.8 Å². The average Bonchev–Trinajstić information content (AvgIpc) is 3.08. The van der Waals surface area contributed by atoms with Gasteiger partial charge in [-0.05, 0) is 31.4 Å². The van der Waals surface area contributed by atoms with Gasteiger partial charge in [0, 0.05) is 36.9 Å². The molecule has 2 aromatic rings. The summed E-state index contributed by atoms with van der Waals surface area (Å²) in [6.07, 6.45) is 8.31. The van der Waals surface area contributed by atoms with Crippen molar-refractivity contribution in [1.29, 1.82) is 5.26 Å². The summed E-state index contributed by atoms with van der Waals surface area (Å²) in [7, 11) is -3.59. The number of thioether (sulfide) groups is 1. The number of hydrogen-bond acceptors (Lipinski definition) is 7. The minimum atomic E-state index is -3.59. The van der Waals surface area contributed by atoms with Crippen molar-refractivity contribution < 1.29 is 13.2 Å². The van der Waals surface area contributed by atoms with Crippen molar-refractivity contribution in [2.75, 3.05) is 32.1 Å². The van der Waals surface area contributed by atoms with Crippen LogP contribution < -0.4 is 0 Å². The monoisotopic (exact) mass is 489 g/mol. The SMILES string of the molecule is N#CCCCSc1nnc(-c2cccc(S(=O)(=O)N3CCOCC3)c2)n1C1CCCCCC1. The molecule has 33 heavy (non-hydrogen) atoms. The number of morpholine rings is 1. The number of ether oxygens (including phenoxy) is 1. The van der Waals surface area contributed by atoms with Crippen molar-refractivity contribution in [2.24, 2.45) is 0 Å². The minimum absolute atomic E-state index is 0.278. The van der Waals surface area contributed by atoms with E-state index >= 15 is 0 Å². The number of nitrogens with zero attached hydrogens (tertiary/aromatic N) is 5. The molecule has 0 atom stereocenters. The van der Waals surface area contributed by atoms with E-state index in [0.717, 1.165) is 41.6 Å². The first-order valence-corrected chi connectivity index (χ1v) is 14.2. The molecule has 4 rings (SSSR count). The molecule has 0 amide bonds. The first kappa shape index (κ1) is 24.2. The number of hydrogen-bond donors (Lipinski definition) is 0. The van der Waals surface area contributed by atoms with Gasteiger partial charge in [-0.25, -0.2) is 8.42 Å². The molecule has 1 saturated carbocycles. The average molecular weight is 490 g/mol. The maximum atomic E-state index is 13.2. The summed E-state index contributed by atoms with van der Waals surface area (Å²) in [4.78, 5) is 0.278. The number of nitriles is 1. The van der Waals surface area contributed by atoms with Gasteiger partial charge < -0.3 is 4.74 Å². The van der Waals surface area contributed by atoms with Crippen LogP contribution in [0.15, 0.2) is 34.3 Å². The maximum absolute atomic E-state index is 13.2. The second-order valence-electron chi connectivity index (χ2n) is 8.48. The van der Waals surface area contributed by atoms with Crippen molar-refractivity contribution in [2.45, 2.75) is 67.5 Å². The van der Waals surface area contributed by atoms with Crippen LogP contribution in [0.2, 0.25) is 0 Å². The standard InChI is InChI=1S/C23H31N5O3S2/c24-12-5-6-17-32-23-26-25-22(28(23)20-9-3-1-2-4-10-20)19-8-7-11-21(18-19)33(29,30)27-13-15-31-16-14-27/h7-8,11,18,20H,1-6,9-10,13-17H2. The molecule has 2 aliphatic rings. The molecular formula is C23H31N5O3S2. The summed E-state index contributed by atoms with van der Waals surface area (Å²) in [6, 6.07) is 9.58. The molecule has 0 radical (unpaired) electrons. The Morgan fingerprint density at radius 2 is 1.88 bits per heavy atom. The van der Waals surface area contributed by atoms with Crippen LogP contribution in [0.1, 0.15) is 57.4 Å². The summed E-state index contributed by atoms with van der Waals surface area (Å²) in [5, 5.41) is 18.7. The molecule has 0 unspecified atom stereocenters. The third kappa shape index (κ3) is 5.77. The first-order valence-electron chi connectivity index (χ1n) is 11.7. The highest BCUT2D eigenvalue weighted by Crippen LogP contribution is 2.35. The Morgan fingerprint density at radius 3 is 2.61 bits per heavy atom. The van der Waals surface area contributed by atoms with E-state index in [4.69, 9.17) is 10.00 Å². The van der Waals surface area contributed by atoms with Crippen molar-refractivity contribution in [3.8, 4) is 17.5 Å². The quantitative estimate of drug-likeness (QED) is 0.310. The smallest absolute Gasteiger partial charge is 0.243 e. The highest BCUT2D eigenvalue weighted by Gasteiger charge is 2.28. The number of benzene rings is 1. The summed E-state index contributed by atoms with van der Waals surface area (Å²) >= 11 is 1.63. The topological polar surface area (TPSA) is 101 Å². The summed E-state index contributed by atoms with van der Waals surface area (Å²) in [6.45, 7) is 1.57. The second kappa shape index (κ2) is 11.5. The van der Waals surface area contributed by atoms with E-state index in [2.05, 4.69) is 20.8 Å². The zero-order valence-electron chi connectivity index (χ0n) is 18.9. The van der Waals surface area contributed by atoms with Gasteiger partial charge in [0.15, 0.2) is 11.0 Å². The van der Waals surface area contributed by atoms with Gasteiger partial charge >= 0.3 is 0 Å². The van der Waals surface area contributed by atoms with Gasteiger partial charge in [-0.15, -0.1) is 10.2 Å². The van der Waals surface area contributed by atoms with Crippen LogP contribution >= 0.6 is 11.8 Å². The molecule has 2 heterocycles. The van der Waals surface area contributed by atoms with Gasteiger partial charge in [-0.3, -0.25) is 4.57 Å². The molecule has 0 bridgehead atoms. The largest absolute Gasteiger partial charge is 0.379 e. The Hall–Kier alpha value is -1.93. The van der Waals surface area contributed by atoms with Crippen molar-refractivity contribution in [3.63, 3.8) is 0 Å². The normalized spacial score (nSPS) is 18.6. The predicted octanol–water partition coefficient (Wildman–Crippen LogP) is 4.26. The Morgan fingerprint density at radius 1 is 1.12 bits per heavy atom. The molecule has 1 aromatic carbocycles. The molecule has 1 aliphatic heterocycles. The molecular weight excluding hydrogens is 458 g/mol. The molecule has 0 spiro atoms. The molecule has 8 nitrogen and oxygen atoms in total.